The SMILES string of the molecule is CCNc1nccnc1Cc1nc2ccccc2s1. The Morgan fingerprint density at radius 3 is 2.84 bits per heavy atom. The van der Waals surface area contributed by atoms with Gasteiger partial charge >= 0.3 is 0 Å². The molecule has 96 valence electrons. The van der Waals surface area contributed by atoms with Crippen molar-refractivity contribution in [3.8, 4) is 0 Å². The van der Waals surface area contributed by atoms with Gasteiger partial charge in [-0.05, 0) is 19.1 Å². The minimum absolute atomic E-state index is 0.718. The van der Waals surface area contributed by atoms with Crippen LogP contribution in [0, 0.1) is 0 Å². The van der Waals surface area contributed by atoms with Crippen LogP contribution in [0.15, 0.2) is 36.7 Å². The molecule has 0 saturated heterocycles. The monoisotopic (exact) mass is 270 g/mol. The van der Waals surface area contributed by atoms with Crippen LogP contribution in [0.1, 0.15) is 17.6 Å². The molecule has 1 aromatic carbocycles. The summed E-state index contributed by atoms with van der Waals surface area (Å²) in [5.74, 6) is 0.851. The average molecular weight is 270 g/mol. The van der Waals surface area contributed by atoms with Crippen LogP contribution in [0.25, 0.3) is 10.2 Å². The standard InChI is InChI=1S/C14H14N4S/c1-2-15-14-11(16-7-8-17-14)9-13-18-10-5-3-4-6-12(10)19-13/h3-8H,2,9H2,1H3,(H,15,17). The zero-order valence-corrected chi connectivity index (χ0v) is 11.4. The molecule has 0 aliphatic heterocycles. The third kappa shape index (κ3) is 2.56. The van der Waals surface area contributed by atoms with Gasteiger partial charge in [-0.3, -0.25) is 4.98 Å². The normalized spacial score (nSPS) is 10.8. The molecule has 1 N–H and O–H groups in total. The van der Waals surface area contributed by atoms with E-state index >= 15 is 0 Å². The number of nitrogens with zero attached hydrogens (tertiary/aromatic N) is 3. The van der Waals surface area contributed by atoms with Crippen molar-refractivity contribution < 1.29 is 0 Å². The van der Waals surface area contributed by atoms with E-state index in [4.69, 9.17) is 0 Å². The van der Waals surface area contributed by atoms with Crippen LogP contribution >= 0.6 is 11.3 Å². The Bertz CT molecular complexity index is 659. The molecule has 0 saturated carbocycles. The first-order valence-electron chi connectivity index (χ1n) is 6.25. The van der Waals surface area contributed by atoms with Crippen LogP contribution < -0.4 is 5.32 Å². The van der Waals surface area contributed by atoms with E-state index in [9.17, 15) is 0 Å². The maximum Gasteiger partial charge on any atom is 0.148 e. The molecule has 2 aromatic heterocycles. The number of anilines is 1. The highest BCUT2D eigenvalue weighted by atomic mass is 32.1. The van der Waals surface area contributed by atoms with Crippen molar-refractivity contribution in [2.45, 2.75) is 13.3 Å². The molecule has 5 heteroatoms. The highest BCUT2D eigenvalue weighted by Gasteiger charge is 2.09. The molecule has 0 aliphatic carbocycles. The summed E-state index contributed by atoms with van der Waals surface area (Å²) >= 11 is 1.71. The fraction of sp³-hybridized carbons (Fsp3) is 0.214. The van der Waals surface area contributed by atoms with E-state index in [1.807, 2.05) is 18.2 Å². The Morgan fingerprint density at radius 2 is 2.00 bits per heavy atom. The van der Waals surface area contributed by atoms with Crippen molar-refractivity contribution in [2.75, 3.05) is 11.9 Å². The summed E-state index contributed by atoms with van der Waals surface area (Å²) in [7, 11) is 0. The van der Waals surface area contributed by atoms with Gasteiger partial charge in [0.15, 0.2) is 0 Å². The van der Waals surface area contributed by atoms with Crippen LogP contribution in [-0.2, 0) is 6.42 Å². The van der Waals surface area contributed by atoms with Crippen LogP contribution in [0.5, 0.6) is 0 Å². The third-order valence-electron chi connectivity index (χ3n) is 2.78. The van der Waals surface area contributed by atoms with Crippen molar-refractivity contribution in [1.82, 2.24) is 15.0 Å². The molecule has 2 heterocycles. The maximum absolute atomic E-state index is 4.63. The van der Waals surface area contributed by atoms with Crippen molar-refractivity contribution >= 4 is 27.4 Å². The minimum atomic E-state index is 0.718. The number of rotatable bonds is 4. The molecule has 0 amide bonds. The molecule has 0 atom stereocenters. The second kappa shape index (κ2) is 5.32. The molecule has 0 aliphatic rings. The van der Waals surface area contributed by atoms with Crippen LogP contribution in [0.4, 0.5) is 5.82 Å². The smallest absolute Gasteiger partial charge is 0.148 e. The number of hydrogen-bond donors (Lipinski definition) is 1. The van der Waals surface area contributed by atoms with Crippen molar-refractivity contribution in [3.05, 3.63) is 47.4 Å². The number of hydrogen-bond acceptors (Lipinski definition) is 5. The summed E-state index contributed by atoms with van der Waals surface area (Å²) in [6.07, 6.45) is 4.15. The summed E-state index contributed by atoms with van der Waals surface area (Å²) in [4.78, 5) is 13.4. The van der Waals surface area contributed by atoms with Gasteiger partial charge in [-0.2, -0.15) is 0 Å². The lowest BCUT2D eigenvalue weighted by atomic mass is 10.3. The van der Waals surface area contributed by atoms with Crippen LogP contribution in [0.2, 0.25) is 0 Å². The molecule has 0 unspecified atom stereocenters. The number of benzene rings is 1. The van der Waals surface area contributed by atoms with Crippen LogP contribution in [-0.4, -0.2) is 21.5 Å². The number of para-hydroxylation sites is 1. The highest BCUT2D eigenvalue weighted by molar-refractivity contribution is 7.18. The van der Waals surface area contributed by atoms with Gasteiger partial charge in [-0.1, -0.05) is 12.1 Å². The van der Waals surface area contributed by atoms with Gasteiger partial charge in [0.1, 0.15) is 5.82 Å². The summed E-state index contributed by atoms with van der Waals surface area (Å²) in [5, 5.41) is 4.30. The van der Waals surface area contributed by atoms with Crippen molar-refractivity contribution in [3.63, 3.8) is 0 Å². The first kappa shape index (κ1) is 12.0. The molecule has 19 heavy (non-hydrogen) atoms. The summed E-state index contributed by atoms with van der Waals surface area (Å²) in [6.45, 7) is 2.89. The first-order chi connectivity index (χ1) is 9.36. The molecule has 0 radical (unpaired) electrons. The zero-order chi connectivity index (χ0) is 13.1. The molecule has 4 nitrogen and oxygen atoms in total. The van der Waals surface area contributed by atoms with Gasteiger partial charge in [-0.15, -0.1) is 11.3 Å². The molecular weight excluding hydrogens is 256 g/mol. The summed E-state index contributed by atoms with van der Waals surface area (Å²) in [5.41, 5.74) is 2.00. The van der Waals surface area contributed by atoms with E-state index in [1.165, 1.54) is 4.70 Å². The second-order valence-electron chi connectivity index (χ2n) is 4.13. The van der Waals surface area contributed by atoms with Crippen molar-refractivity contribution in [1.29, 1.82) is 0 Å². The van der Waals surface area contributed by atoms with E-state index in [0.29, 0.717) is 0 Å². The minimum Gasteiger partial charge on any atom is -0.369 e. The molecule has 3 aromatic rings. The lowest BCUT2D eigenvalue weighted by Gasteiger charge is -2.06. The molecule has 0 spiro atoms. The van der Waals surface area contributed by atoms with E-state index < -0.39 is 0 Å². The van der Waals surface area contributed by atoms with Gasteiger partial charge in [0.2, 0.25) is 0 Å². The topological polar surface area (TPSA) is 50.7 Å². The number of aromatic nitrogens is 3. The van der Waals surface area contributed by atoms with Gasteiger partial charge in [0.05, 0.1) is 20.9 Å². The molecule has 3 rings (SSSR count). The van der Waals surface area contributed by atoms with Gasteiger partial charge in [-0.25, -0.2) is 9.97 Å². The lowest BCUT2D eigenvalue weighted by molar-refractivity contribution is 1.00. The Hall–Kier alpha value is -2.01. The number of thiazole rings is 1. The predicted molar refractivity (Wildman–Crippen MR) is 78.6 cm³/mol. The van der Waals surface area contributed by atoms with Crippen LogP contribution in [0.3, 0.4) is 0 Å². The fourth-order valence-electron chi connectivity index (χ4n) is 1.95. The van der Waals surface area contributed by atoms with E-state index in [-0.39, 0.29) is 0 Å². The highest BCUT2D eigenvalue weighted by Crippen LogP contribution is 2.24. The van der Waals surface area contributed by atoms with Gasteiger partial charge < -0.3 is 5.32 Å². The Kier molecular flexibility index (Phi) is 3.37. The van der Waals surface area contributed by atoms with Gasteiger partial charge in [0, 0.05) is 25.4 Å². The molecular formula is C14H14N4S. The Morgan fingerprint density at radius 1 is 1.16 bits per heavy atom. The molecule has 0 bridgehead atoms. The largest absolute Gasteiger partial charge is 0.369 e. The third-order valence-corrected chi connectivity index (χ3v) is 3.81. The van der Waals surface area contributed by atoms with Gasteiger partial charge in [0.25, 0.3) is 0 Å². The van der Waals surface area contributed by atoms with E-state index in [1.54, 1.807) is 23.7 Å². The Balaban J connectivity index is 1.92. The zero-order valence-electron chi connectivity index (χ0n) is 10.6. The average Bonchev–Trinajstić information content (AvgIpc) is 2.83. The van der Waals surface area contributed by atoms with E-state index in [2.05, 4.69) is 33.3 Å². The lowest BCUT2D eigenvalue weighted by Crippen LogP contribution is -2.05. The van der Waals surface area contributed by atoms with E-state index in [0.717, 1.165) is 35.0 Å². The number of nitrogens with one attached hydrogen (secondary N) is 1. The second-order valence-corrected chi connectivity index (χ2v) is 5.25. The predicted octanol–water partition coefficient (Wildman–Crippen LogP) is 3.11. The molecule has 0 fully saturated rings. The number of fused-ring (bicyclic) bond motifs is 1. The maximum atomic E-state index is 4.63. The quantitative estimate of drug-likeness (QED) is 0.791. The van der Waals surface area contributed by atoms with Crippen molar-refractivity contribution in [2.24, 2.45) is 0 Å². The summed E-state index contributed by atoms with van der Waals surface area (Å²) in [6, 6.07) is 8.19. The Labute approximate surface area is 115 Å². The fourth-order valence-corrected chi connectivity index (χ4v) is 2.92. The first-order valence-corrected chi connectivity index (χ1v) is 7.06. The summed E-state index contributed by atoms with van der Waals surface area (Å²) < 4.78 is 1.21.